The minimum Gasteiger partial charge on any atom is -0.493 e. The summed E-state index contributed by atoms with van der Waals surface area (Å²) in [6, 6.07) is 3.57. The Morgan fingerprint density at radius 2 is 2.33 bits per heavy atom. The van der Waals surface area contributed by atoms with Crippen LogP contribution < -0.4 is 15.2 Å². The number of benzene rings is 1. The van der Waals surface area contributed by atoms with Crippen molar-refractivity contribution in [3.8, 4) is 22.8 Å². The minimum absolute atomic E-state index is 0.428. The highest BCUT2D eigenvalue weighted by atomic mass is 35.5. The number of nitrogens with two attached hydrogens (primary N) is 1. The second-order valence-corrected chi connectivity index (χ2v) is 4.43. The summed E-state index contributed by atoms with van der Waals surface area (Å²) in [5, 5.41) is 7.41. The van der Waals surface area contributed by atoms with Gasteiger partial charge in [0.05, 0.1) is 24.4 Å². The van der Waals surface area contributed by atoms with Gasteiger partial charge in [-0.1, -0.05) is 11.6 Å². The van der Waals surface area contributed by atoms with Crippen LogP contribution in [0.1, 0.15) is 5.56 Å². The second kappa shape index (κ2) is 4.10. The molecule has 0 atom stereocenters. The van der Waals surface area contributed by atoms with E-state index in [0.29, 0.717) is 23.2 Å². The Hall–Kier alpha value is -1.88. The van der Waals surface area contributed by atoms with E-state index in [1.165, 1.54) is 0 Å². The molecule has 3 N–H and O–H groups in total. The lowest BCUT2D eigenvalue weighted by atomic mass is 10.0. The molecule has 18 heavy (non-hydrogen) atoms. The van der Waals surface area contributed by atoms with E-state index in [4.69, 9.17) is 26.8 Å². The van der Waals surface area contributed by atoms with Crippen LogP contribution in [0.2, 0.25) is 5.02 Å². The molecule has 2 heterocycles. The molecule has 0 aliphatic carbocycles. The lowest BCUT2D eigenvalue weighted by molar-refractivity contribution is 0.326. The van der Waals surface area contributed by atoms with Crippen LogP contribution in [0.15, 0.2) is 12.1 Å². The average molecular weight is 266 g/mol. The van der Waals surface area contributed by atoms with E-state index >= 15 is 0 Å². The maximum Gasteiger partial charge on any atom is 0.166 e. The predicted molar refractivity (Wildman–Crippen MR) is 69.2 cm³/mol. The van der Waals surface area contributed by atoms with Crippen molar-refractivity contribution in [2.45, 2.75) is 6.42 Å². The number of hydrogen-bond donors (Lipinski definition) is 2. The molecule has 0 bridgehead atoms. The molecule has 5 nitrogen and oxygen atoms in total. The number of ether oxygens (including phenoxy) is 2. The Labute approximate surface area is 109 Å². The van der Waals surface area contributed by atoms with E-state index in [0.717, 1.165) is 29.0 Å². The van der Waals surface area contributed by atoms with Crippen LogP contribution in [-0.4, -0.2) is 23.9 Å². The number of rotatable bonds is 2. The fourth-order valence-corrected chi connectivity index (χ4v) is 2.47. The summed E-state index contributed by atoms with van der Waals surface area (Å²) in [6.45, 7) is 0.625. The van der Waals surface area contributed by atoms with Crippen molar-refractivity contribution in [1.29, 1.82) is 0 Å². The highest BCUT2D eigenvalue weighted by Gasteiger charge is 2.24. The van der Waals surface area contributed by atoms with Gasteiger partial charge < -0.3 is 15.2 Å². The third-order valence-electron chi connectivity index (χ3n) is 2.98. The van der Waals surface area contributed by atoms with Crippen LogP contribution in [0.3, 0.4) is 0 Å². The molecule has 0 radical (unpaired) electrons. The molecule has 1 aromatic heterocycles. The smallest absolute Gasteiger partial charge is 0.166 e. The quantitative estimate of drug-likeness (QED) is 0.874. The molecule has 0 fully saturated rings. The van der Waals surface area contributed by atoms with E-state index in [1.54, 1.807) is 13.2 Å². The lowest BCUT2D eigenvalue weighted by Crippen LogP contribution is -1.92. The molecular weight excluding hydrogens is 254 g/mol. The monoisotopic (exact) mass is 265 g/mol. The number of nitrogens with one attached hydrogen (secondary N) is 1. The number of H-pyrrole nitrogens is 1. The first-order valence-corrected chi connectivity index (χ1v) is 5.92. The number of anilines is 1. The number of nitrogens with zero attached hydrogens (tertiary/aromatic N) is 1. The number of halogens is 1. The van der Waals surface area contributed by atoms with Gasteiger partial charge in [-0.05, 0) is 6.07 Å². The molecule has 2 aromatic rings. The van der Waals surface area contributed by atoms with Crippen LogP contribution in [0, 0.1) is 0 Å². The highest BCUT2D eigenvalue weighted by molar-refractivity contribution is 6.34. The molecule has 3 rings (SSSR count). The maximum atomic E-state index is 6.40. The van der Waals surface area contributed by atoms with Gasteiger partial charge in [-0.3, -0.25) is 5.10 Å². The van der Waals surface area contributed by atoms with Crippen molar-refractivity contribution in [2.24, 2.45) is 0 Å². The Morgan fingerprint density at radius 3 is 3.00 bits per heavy atom. The van der Waals surface area contributed by atoms with Gasteiger partial charge in [-0.15, -0.1) is 0 Å². The fourth-order valence-electron chi connectivity index (χ4n) is 2.13. The minimum atomic E-state index is 0.428. The van der Waals surface area contributed by atoms with Crippen LogP contribution in [0.25, 0.3) is 11.3 Å². The Morgan fingerprint density at radius 1 is 1.50 bits per heavy atom. The molecule has 0 unspecified atom stereocenters. The summed E-state index contributed by atoms with van der Waals surface area (Å²) in [5.74, 6) is 1.84. The topological polar surface area (TPSA) is 73.2 Å². The second-order valence-electron chi connectivity index (χ2n) is 4.05. The zero-order valence-electron chi connectivity index (χ0n) is 9.79. The molecule has 1 aromatic carbocycles. The van der Waals surface area contributed by atoms with Crippen LogP contribution >= 0.6 is 11.6 Å². The van der Waals surface area contributed by atoms with Crippen LogP contribution in [-0.2, 0) is 6.42 Å². The molecule has 0 saturated carbocycles. The van der Waals surface area contributed by atoms with Crippen molar-refractivity contribution >= 4 is 17.4 Å². The molecule has 6 heteroatoms. The van der Waals surface area contributed by atoms with Gasteiger partial charge >= 0.3 is 0 Å². The summed E-state index contributed by atoms with van der Waals surface area (Å²) < 4.78 is 10.9. The van der Waals surface area contributed by atoms with Crippen LogP contribution in [0.4, 0.5) is 5.82 Å². The van der Waals surface area contributed by atoms with Gasteiger partial charge in [0, 0.05) is 23.6 Å². The Bertz CT molecular complexity index is 610. The number of nitrogen functional groups attached to an aromatic ring is 1. The lowest BCUT2D eigenvalue weighted by Gasteiger charge is -2.11. The maximum absolute atomic E-state index is 6.40. The van der Waals surface area contributed by atoms with Gasteiger partial charge in [0.1, 0.15) is 5.82 Å². The molecule has 1 aliphatic rings. The number of aromatic amines is 1. The average Bonchev–Trinajstić information content (AvgIpc) is 2.99. The highest BCUT2D eigenvalue weighted by Crippen LogP contribution is 2.45. The summed E-state index contributed by atoms with van der Waals surface area (Å²) in [6.07, 6.45) is 0.780. The van der Waals surface area contributed by atoms with Crippen molar-refractivity contribution in [3.05, 3.63) is 22.7 Å². The summed E-state index contributed by atoms with van der Waals surface area (Å²) in [4.78, 5) is 0. The predicted octanol–water partition coefficient (Wildman–Crippen LogP) is 2.26. The zero-order chi connectivity index (χ0) is 12.7. The van der Waals surface area contributed by atoms with E-state index in [9.17, 15) is 0 Å². The standard InChI is InChI=1S/C12H12ClN3O2/c1-17-9-4-7(8-5-10(14)16-15-8)11(13)6-2-3-18-12(6)9/h4-5H,2-3H2,1H3,(H3,14,15,16). The third kappa shape index (κ3) is 1.59. The van der Waals surface area contributed by atoms with Gasteiger partial charge in [0.15, 0.2) is 11.5 Å². The van der Waals surface area contributed by atoms with Gasteiger partial charge in [-0.25, -0.2) is 0 Å². The number of methoxy groups -OCH3 is 1. The van der Waals surface area contributed by atoms with E-state index < -0.39 is 0 Å². The third-order valence-corrected chi connectivity index (χ3v) is 3.41. The SMILES string of the molecule is COc1cc(-c2cc(N)n[nH]2)c(Cl)c2c1OCC2. The first kappa shape index (κ1) is 11.2. The van der Waals surface area contributed by atoms with Gasteiger partial charge in [0.2, 0.25) is 0 Å². The Kier molecular flexibility index (Phi) is 2.56. The number of aromatic nitrogens is 2. The molecule has 0 amide bonds. The molecular formula is C12H12ClN3O2. The summed E-state index contributed by atoms with van der Waals surface area (Å²) >= 11 is 6.40. The van der Waals surface area contributed by atoms with Crippen molar-refractivity contribution < 1.29 is 9.47 Å². The number of hydrogen-bond acceptors (Lipinski definition) is 4. The van der Waals surface area contributed by atoms with E-state index in [2.05, 4.69) is 10.2 Å². The summed E-state index contributed by atoms with van der Waals surface area (Å²) in [5.41, 5.74) is 8.17. The molecule has 1 aliphatic heterocycles. The first-order valence-electron chi connectivity index (χ1n) is 5.54. The fraction of sp³-hybridized carbons (Fsp3) is 0.250. The first-order chi connectivity index (χ1) is 8.70. The zero-order valence-corrected chi connectivity index (χ0v) is 10.5. The van der Waals surface area contributed by atoms with Gasteiger partial charge in [0.25, 0.3) is 0 Å². The van der Waals surface area contributed by atoms with E-state index in [1.807, 2.05) is 6.07 Å². The van der Waals surface area contributed by atoms with Crippen molar-refractivity contribution in [2.75, 3.05) is 19.5 Å². The Balaban J connectivity index is 2.21. The normalized spacial score (nSPS) is 13.2. The number of fused-ring (bicyclic) bond motifs is 1. The van der Waals surface area contributed by atoms with Crippen LogP contribution in [0.5, 0.6) is 11.5 Å². The molecule has 94 valence electrons. The molecule has 0 spiro atoms. The molecule has 0 saturated heterocycles. The van der Waals surface area contributed by atoms with E-state index in [-0.39, 0.29) is 0 Å². The van der Waals surface area contributed by atoms with Crippen molar-refractivity contribution in [1.82, 2.24) is 10.2 Å². The van der Waals surface area contributed by atoms with Gasteiger partial charge in [-0.2, -0.15) is 5.10 Å². The summed E-state index contributed by atoms with van der Waals surface area (Å²) in [7, 11) is 1.61. The van der Waals surface area contributed by atoms with Crippen molar-refractivity contribution in [3.63, 3.8) is 0 Å². The largest absolute Gasteiger partial charge is 0.493 e.